The Morgan fingerprint density at radius 2 is 2.03 bits per heavy atom. The lowest BCUT2D eigenvalue weighted by Crippen LogP contribution is -2.18. The second kappa shape index (κ2) is 8.82. The summed E-state index contributed by atoms with van der Waals surface area (Å²) in [4.78, 5) is 15.1. The van der Waals surface area contributed by atoms with E-state index in [0.29, 0.717) is 34.5 Å². The summed E-state index contributed by atoms with van der Waals surface area (Å²) in [6.45, 7) is 0. The molecule has 0 aliphatic heterocycles. The lowest BCUT2D eigenvalue weighted by Gasteiger charge is -2.10. The summed E-state index contributed by atoms with van der Waals surface area (Å²) < 4.78 is 28.8. The predicted octanol–water partition coefficient (Wildman–Crippen LogP) is 5.20. The average molecular weight is 475 g/mol. The number of halogens is 1. The fraction of sp³-hybridized carbons (Fsp3) is 0.182. The molecule has 160 valence electrons. The third-order valence-corrected chi connectivity index (χ3v) is 7.49. The SMILES string of the molecule is O=C(O)CCCc1cc2cc(Cl)ccc2n1S(=O)(=O)CC=Cc1ccc2ncsc2c1. The van der Waals surface area contributed by atoms with E-state index in [1.807, 2.05) is 18.2 Å². The Balaban J connectivity index is 1.63. The van der Waals surface area contributed by atoms with Gasteiger partial charge in [-0.2, -0.15) is 0 Å². The van der Waals surface area contributed by atoms with E-state index in [9.17, 15) is 13.2 Å². The van der Waals surface area contributed by atoms with Crippen molar-refractivity contribution in [3.05, 3.63) is 70.3 Å². The summed E-state index contributed by atoms with van der Waals surface area (Å²) >= 11 is 7.61. The van der Waals surface area contributed by atoms with Crippen LogP contribution >= 0.6 is 22.9 Å². The maximum Gasteiger partial charge on any atom is 0.303 e. The number of aromatic nitrogens is 2. The van der Waals surface area contributed by atoms with E-state index >= 15 is 0 Å². The molecule has 1 N–H and O–H groups in total. The van der Waals surface area contributed by atoms with E-state index in [0.717, 1.165) is 15.8 Å². The Morgan fingerprint density at radius 3 is 2.84 bits per heavy atom. The van der Waals surface area contributed by atoms with E-state index < -0.39 is 16.0 Å². The molecule has 0 spiro atoms. The molecule has 0 atom stereocenters. The Hall–Kier alpha value is -2.68. The van der Waals surface area contributed by atoms with Crippen LogP contribution < -0.4 is 0 Å². The first-order valence-electron chi connectivity index (χ1n) is 9.58. The number of hydrogen-bond donors (Lipinski definition) is 1. The van der Waals surface area contributed by atoms with Gasteiger partial charge in [0.25, 0.3) is 0 Å². The third-order valence-electron chi connectivity index (χ3n) is 4.87. The molecule has 0 saturated heterocycles. The number of thiazole rings is 1. The topological polar surface area (TPSA) is 89.3 Å². The van der Waals surface area contributed by atoms with Gasteiger partial charge in [-0.1, -0.05) is 29.8 Å². The van der Waals surface area contributed by atoms with Gasteiger partial charge < -0.3 is 5.11 Å². The highest BCUT2D eigenvalue weighted by atomic mass is 35.5. The predicted molar refractivity (Wildman–Crippen MR) is 125 cm³/mol. The summed E-state index contributed by atoms with van der Waals surface area (Å²) in [5.74, 6) is -1.10. The maximum absolute atomic E-state index is 13.2. The summed E-state index contributed by atoms with van der Waals surface area (Å²) in [6, 6.07) is 12.6. The number of fused-ring (bicyclic) bond motifs is 2. The van der Waals surface area contributed by atoms with Crippen molar-refractivity contribution in [2.75, 3.05) is 5.75 Å². The highest BCUT2D eigenvalue weighted by Crippen LogP contribution is 2.27. The summed E-state index contributed by atoms with van der Waals surface area (Å²) in [6.07, 6.45) is 4.06. The summed E-state index contributed by atoms with van der Waals surface area (Å²) in [5.41, 5.74) is 4.68. The Labute approximate surface area is 188 Å². The van der Waals surface area contributed by atoms with Crippen LogP contribution in [0.5, 0.6) is 0 Å². The van der Waals surface area contributed by atoms with Crippen molar-refractivity contribution in [2.45, 2.75) is 19.3 Å². The second-order valence-corrected chi connectivity index (χ2v) is 10.3. The molecule has 6 nitrogen and oxygen atoms in total. The Morgan fingerprint density at radius 1 is 1.19 bits per heavy atom. The van der Waals surface area contributed by atoms with E-state index in [2.05, 4.69) is 4.98 Å². The maximum atomic E-state index is 13.2. The molecule has 2 heterocycles. The third kappa shape index (κ3) is 4.81. The van der Waals surface area contributed by atoms with Gasteiger partial charge in [0.1, 0.15) is 0 Å². The van der Waals surface area contributed by atoms with Crippen molar-refractivity contribution in [2.24, 2.45) is 0 Å². The van der Waals surface area contributed by atoms with Crippen molar-refractivity contribution >= 4 is 66.1 Å². The molecule has 2 aromatic heterocycles. The van der Waals surface area contributed by atoms with Crippen LogP contribution in [0.3, 0.4) is 0 Å². The molecule has 0 bridgehead atoms. The number of carboxylic acids is 1. The quantitative estimate of drug-likeness (QED) is 0.379. The number of hydrogen-bond acceptors (Lipinski definition) is 5. The molecular weight excluding hydrogens is 456 g/mol. The zero-order chi connectivity index (χ0) is 22.0. The molecule has 4 rings (SSSR count). The number of benzene rings is 2. The van der Waals surface area contributed by atoms with Crippen molar-refractivity contribution in [3.8, 4) is 0 Å². The highest BCUT2D eigenvalue weighted by molar-refractivity contribution is 7.90. The molecule has 2 aromatic carbocycles. The van der Waals surface area contributed by atoms with Gasteiger partial charge in [0.2, 0.25) is 10.0 Å². The second-order valence-electron chi connectivity index (χ2n) is 7.11. The van der Waals surface area contributed by atoms with Gasteiger partial charge >= 0.3 is 5.97 Å². The minimum absolute atomic E-state index is 0.0255. The summed E-state index contributed by atoms with van der Waals surface area (Å²) in [5, 5.41) is 10.1. The zero-order valence-electron chi connectivity index (χ0n) is 16.4. The van der Waals surface area contributed by atoms with Crippen molar-refractivity contribution in [1.82, 2.24) is 8.96 Å². The molecule has 0 aliphatic rings. The molecule has 0 amide bonds. The highest BCUT2D eigenvalue weighted by Gasteiger charge is 2.20. The first kappa shape index (κ1) is 21.5. The van der Waals surface area contributed by atoms with E-state index in [4.69, 9.17) is 16.7 Å². The molecule has 4 aromatic rings. The van der Waals surface area contributed by atoms with Crippen LogP contribution in [0.2, 0.25) is 5.02 Å². The van der Waals surface area contributed by atoms with Gasteiger partial charge in [-0.25, -0.2) is 17.4 Å². The monoisotopic (exact) mass is 474 g/mol. The van der Waals surface area contributed by atoms with Crippen LogP contribution in [0, 0.1) is 0 Å². The number of carbonyl (C=O) groups is 1. The number of aliphatic carboxylic acids is 1. The van der Waals surface area contributed by atoms with Crippen LogP contribution in [0.1, 0.15) is 24.1 Å². The van der Waals surface area contributed by atoms with Crippen LogP contribution in [-0.4, -0.2) is 34.2 Å². The van der Waals surface area contributed by atoms with Gasteiger partial charge in [-0.05, 0) is 54.8 Å². The lowest BCUT2D eigenvalue weighted by molar-refractivity contribution is -0.137. The van der Waals surface area contributed by atoms with Crippen molar-refractivity contribution in [3.63, 3.8) is 0 Å². The number of carboxylic acid groups (broad SMARTS) is 1. The molecule has 0 aliphatic carbocycles. The smallest absolute Gasteiger partial charge is 0.303 e. The minimum atomic E-state index is -3.71. The van der Waals surface area contributed by atoms with E-state index in [1.54, 1.807) is 41.9 Å². The average Bonchev–Trinajstić information content (AvgIpc) is 3.31. The minimum Gasteiger partial charge on any atom is -0.481 e. The van der Waals surface area contributed by atoms with Gasteiger partial charge in [-0.15, -0.1) is 11.3 Å². The standard InChI is InChI=1S/C22H19ClN2O4S2/c23-17-7-9-20-16(12-17)13-18(4-1-5-22(26)27)25(20)31(28,29)10-2-3-15-6-8-19-21(11-15)30-14-24-19/h2-3,6-9,11-14H,1,4-5,10H2,(H,26,27). The molecule has 0 fully saturated rings. The Kier molecular flexibility index (Phi) is 6.13. The molecular formula is C22H19ClN2O4S2. The van der Waals surface area contributed by atoms with Gasteiger partial charge in [0.05, 0.1) is 27.0 Å². The number of nitrogens with zero attached hydrogens (tertiary/aromatic N) is 2. The van der Waals surface area contributed by atoms with Crippen molar-refractivity contribution < 1.29 is 18.3 Å². The molecule has 0 unspecified atom stereocenters. The lowest BCUT2D eigenvalue weighted by atomic mass is 10.2. The molecule has 31 heavy (non-hydrogen) atoms. The molecule has 9 heteroatoms. The van der Waals surface area contributed by atoms with Crippen molar-refractivity contribution in [1.29, 1.82) is 0 Å². The summed E-state index contributed by atoms with van der Waals surface area (Å²) in [7, 11) is -3.71. The zero-order valence-corrected chi connectivity index (χ0v) is 18.8. The fourth-order valence-corrected chi connectivity index (χ4v) is 5.86. The number of aryl methyl sites for hydroxylation is 1. The van der Waals surface area contributed by atoms with Gasteiger partial charge in [0, 0.05) is 22.5 Å². The van der Waals surface area contributed by atoms with Crippen LogP contribution in [0.25, 0.3) is 27.2 Å². The normalized spacial score (nSPS) is 12.3. The van der Waals surface area contributed by atoms with Gasteiger partial charge in [-0.3, -0.25) is 4.79 Å². The largest absolute Gasteiger partial charge is 0.481 e. The van der Waals surface area contributed by atoms with Crippen LogP contribution in [0.15, 0.2) is 54.1 Å². The first-order chi connectivity index (χ1) is 14.8. The number of rotatable bonds is 8. The van der Waals surface area contributed by atoms with Gasteiger partial charge in [0.15, 0.2) is 0 Å². The molecule has 0 saturated carbocycles. The van der Waals surface area contributed by atoms with Crippen LogP contribution in [0.4, 0.5) is 0 Å². The van der Waals surface area contributed by atoms with E-state index in [1.165, 1.54) is 15.3 Å². The van der Waals surface area contributed by atoms with Crippen LogP contribution in [-0.2, 0) is 21.2 Å². The van der Waals surface area contributed by atoms with E-state index in [-0.39, 0.29) is 12.2 Å². The molecule has 0 radical (unpaired) electrons. The first-order valence-corrected chi connectivity index (χ1v) is 12.4. The Bertz CT molecular complexity index is 1400. The fourth-order valence-electron chi connectivity index (χ4n) is 3.50.